The molecule has 1 N–H and O–H groups in total. The topological polar surface area (TPSA) is 67.2 Å². The molecule has 1 aromatic heterocycles. The third-order valence-electron chi connectivity index (χ3n) is 4.02. The van der Waals surface area contributed by atoms with Crippen LogP contribution in [0, 0.1) is 6.92 Å². The Labute approximate surface area is 119 Å². The van der Waals surface area contributed by atoms with Crippen molar-refractivity contribution >= 4 is 11.8 Å². The van der Waals surface area contributed by atoms with E-state index in [9.17, 15) is 9.59 Å². The van der Waals surface area contributed by atoms with Crippen LogP contribution in [0.1, 0.15) is 42.9 Å². The average molecular weight is 278 g/mol. The fraction of sp³-hybridized carbons (Fsp3) is 0.643. The lowest BCUT2D eigenvalue weighted by Gasteiger charge is -2.48. The second-order valence-electron chi connectivity index (χ2n) is 5.53. The Bertz CT molecular complexity index is 518. The van der Waals surface area contributed by atoms with Crippen LogP contribution in [0.4, 0.5) is 0 Å². The van der Waals surface area contributed by atoms with E-state index in [2.05, 4.69) is 10.4 Å². The maximum atomic E-state index is 12.5. The van der Waals surface area contributed by atoms with Crippen molar-refractivity contribution in [3.8, 4) is 0 Å². The molecule has 110 valence electrons. The van der Waals surface area contributed by atoms with Crippen molar-refractivity contribution in [2.45, 2.75) is 39.2 Å². The van der Waals surface area contributed by atoms with Crippen molar-refractivity contribution in [1.29, 1.82) is 0 Å². The summed E-state index contributed by atoms with van der Waals surface area (Å²) in [5.74, 6) is -0.249. The van der Waals surface area contributed by atoms with E-state index in [0.717, 1.165) is 12.1 Å². The van der Waals surface area contributed by atoms with Crippen LogP contribution in [0.3, 0.4) is 0 Å². The molecule has 0 saturated carbocycles. The van der Waals surface area contributed by atoms with Gasteiger partial charge in [-0.3, -0.25) is 14.3 Å². The minimum absolute atomic E-state index is 0.0772. The molecule has 1 atom stereocenters. The number of likely N-dealkylation sites (tertiary alicyclic amines) is 1. The molecule has 2 amide bonds. The van der Waals surface area contributed by atoms with Gasteiger partial charge in [-0.15, -0.1) is 0 Å². The minimum Gasteiger partial charge on any atom is -0.354 e. The minimum atomic E-state index is -0.738. The van der Waals surface area contributed by atoms with Crippen LogP contribution in [-0.4, -0.2) is 45.1 Å². The zero-order valence-electron chi connectivity index (χ0n) is 12.6. The molecule has 20 heavy (non-hydrogen) atoms. The second kappa shape index (κ2) is 5.26. The lowest BCUT2D eigenvalue weighted by atomic mass is 9.85. The maximum absolute atomic E-state index is 12.5. The van der Waals surface area contributed by atoms with E-state index in [0.29, 0.717) is 25.2 Å². The van der Waals surface area contributed by atoms with Crippen molar-refractivity contribution in [3.63, 3.8) is 0 Å². The predicted molar refractivity (Wildman–Crippen MR) is 75.3 cm³/mol. The van der Waals surface area contributed by atoms with Gasteiger partial charge in [-0.2, -0.15) is 5.10 Å². The molecule has 2 rings (SSSR count). The van der Waals surface area contributed by atoms with Gasteiger partial charge < -0.3 is 10.2 Å². The van der Waals surface area contributed by atoms with E-state index in [-0.39, 0.29) is 11.8 Å². The third kappa shape index (κ3) is 2.30. The number of nitrogens with one attached hydrogen (secondary N) is 1. The van der Waals surface area contributed by atoms with Gasteiger partial charge in [0.25, 0.3) is 5.91 Å². The first-order valence-electron chi connectivity index (χ1n) is 7.01. The predicted octanol–water partition coefficient (Wildman–Crippen LogP) is 0.859. The van der Waals surface area contributed by atoms with Gasteiger partial charge in [0, 0.05) is 25.8 Å². The van der Waals surface area contributed by atoms with Crippen LogP contribution < -0.4 is 5.32 Å². The normalized spacial score (nSPS) is 21.5. The summed E-state index contributed by atoms with van der Waals surface area (Å²) in [4.78, 5) is 26.3. The highest BCUT2D eigenvalue weighted by Gasteiger charge is 2.49. The molecule has 1 fully saturated rings. The van der Waals surface area contributed by atoms with Gasteiger partial charge in [0.2, 0.25) is 5.91 Å². The smallest absolute Gasteiger partial charge is 0.275 e. The summed E-state index contributed by atoms with van der Waals surface area (Å²) in [5.41, 5.74) is 0.586. The van der Waals surface area contributed by atoms with E-state index in [4.69, 9.17) is 0 Å². The number of hydrogen-bond acceptors (Lipinski definition) is 3. The summed E-state index contributed by atoms with van der Waals surface area (Å²) in [7, 11) is 1.80. The first kappa shape index (κ1) is 14.6. The SMILES string of the molecule is CCCNC(=O)C1(C)CCN1C(=O)c1cc(C)n(C)n1. The zero-order chi connectivity index (χ0) is 14.9. The van der Waals surface area contributed by atoms with E-state index in [1.165, 1.54) is 0 Å². The Morgan fingerprint density at radius 1 is 1.50 bits per heavy atom. The standard InChI is InChI=1S/C14H22N4O2/c1-5-7-15-13(20)14(3)6-8-18(14)12(19)11-9-10(2)17(4)16-11/h9H,5-8H2,1-4H3,(H,15,20). The summed E-state index contributed by atoms with van der Waals surface area (Å²) in [6.45, 7) is 6.95. The lowest BCUT2D eigenvalue weighted by Crippen LogP contribution is -2.67. The number of rotatable bonds is 4. The number of carbonyl (C=O) groups is 2. The third-order valence-corrected chi connectivity index (χ3v) is 4.02. The summed E-state index contributed by atoms with van der Waals surface area (Å²) >= 11 is 0. The first-order valence-corrected chi connectivity index (χ1v) is 7.01. The largest absolute Gasteiger partial charge is 0.354 e. The fourth-order valence-corrected chi connectivity index (χ4v) is 2.35. The Balaban J connectivity index is 2.12. The highest BCUT2D eigenvalue weighted by atomic mass is 16.2. The molecule has 0 spiro atoms. The van der Waals surface area contributed by atoms with Crippen molar-refractivity contribution in [3.05, 3.63) is 17.5 Å². The first-order chi connectivity index (χ1) is 9.40. The maximum Gasteiger partial charge on any atom is 0.275 e. The van der Waals surface area contributed by atoms with Crippen molar-refractivity contribution in [1.82, 2.24) is 20.0 Å². The van der Waals surface area contributed by atoms with Gasteiger partial charge >= 0.3 is 0 Å². The molecule has 1 aromatic rings. The summed E-state index contributed by atoms with van der Waals surface area (Å²) in [6.07, 6.45) is 1.58. The molecule has 1 saturated heterocycles. The molecular weight excluding hydrogens is 256 g/mol. The van der Waals surface area contributed by atoms with Crippen LogP contribution in [0.15, 0.2) is 6.07 Å². The van der Waals surface area contributed by atoms with E-state index in [1.807, 2.05) is 20.8 Å². The lowest BCUT2D eigenvalue weighted by molar-refractivity contribution is -0.137. The number of amides is 2. The van der Waals surface area contributed by atoms with Gasteiger partial charge in [0.15, 0.2) is 5.69 Å². The zero-order valence-corrected chi connectivity index (χ0v) is 12.6. The molecule has 6 nitrogen and oxygen atoms in total. The van der Waals surface area contributed by atoms with Crippen LogP contribution in [0.2, 0.25) is 0 Å². The van der Waals surface area contributed by atoms with Gasteiger partial charge in [-0.25, -0.2) is 0 Å². The van der Waals surface area contributed by atoms with Crippen molar-refractivity contribution in [2.75, 3.05) is 13.1 Å². The molecule has 1 aliphatic rings. The Kier molecular flexibility index (Phi) is 3.83. The average Bonchev–Trinajstić information content (AvgIpc) is 2.73. The van der Waals surface area contributed by atoms with Crippen LogP contribution in [0.25, 0.3) is 0 Å². The molecular formula is C14H22N4O2. The number of hydrogen-bond donors (Lipinski definition) is 1. The number of carbonyl (C=O) groups excluding carboxylic acids is 2. The highest BCUT2D eigenvalue weighted by Crippen LogP contribution is 2.32. The highest BCUT2D eigenvalue weighted by molar-refractivity contribution is 5.99. The van der Waals surface area contributed by atoms with Gasteiger partial charge in [0.05, 0.1) is 0 Å². The molecule has 0 aliphatic carbocycles. The van der Waals surface area contributed by atoms with Crippen molar-refractivity contribution in [2.24, 2.45) is 7.05 Å². The number of aryl methyl sites for hydroxylation is 2. The summed E-state index contributed by atoms with van der Waals surface area (Å²) in [6, 6.07) is 1.75. The second-order valence-corrected chi connectivity index (χ2v) is 5.53. The molecule has 6 heteroatoms. The molecule has 1 aliphatic heterocycles. The monoisotopic (exact) mass is 278 g/mol. The van der Waals surface area contributed by atoms with Crippen LogP contribution in [-0.2, 0) is 11.8 Å². The molecule has 0 bridgehead atoms. The van der Waals surface area contributed by atoms with Gasteiger partial charge in [-0.05, 0) is 32.8 Å². The van der Waals surface area contributed by atoms with Crippen LogP contribution >= 0.6 is 0 Å². The Morgan fingerprint density at radius 2 is 2.20 bits per heavy atom. The van der Waals surface area contributed by atoms with Crippen LogP contribution in [0.5, 0.6) is 0 Å². The number of nitrogens with zero attached hydrogens (tertiary/aromatic N) is 3. The molecule has 2 heterocycles. The number of aromatic nitrogens is 2. The Morgan fingerprint density at radius 3 is 2.65 bits per heavy atom. The quantitative estimate of drug-likeness (QED) is 0.888. The van der Waals surface area contributed by atoms with Crippen molar-refractivity contribution < 1.29 is 9.59 Å². The fourth-order valence-electron chi connectivity index (χ4n) is 2.35. The van der Waals surface area contributed by atoms with E-state index in [1.54, 1.807) is 22.7 Å². The summed E-state index contributed by atoms with van der Waals surface area (Å²) < 4.78 is 1.67. The van der Waals surface area contributed by atoms with Gasteiger partial charge in [0.1, 0.15) is 5.54 Å². The molecule has 1 unspecified atom stereocenters. The van der Waals surface area contributed by atoms with E-state index < -0.39 is 5.54 Å². The Hall–Kier alpha value is -1.85. The van der Waals surface area contributed by atoms with Gasteiger partial charge in [-0.1, -0.05) is 6.92 Å². The summed E-state index contributed by atoms with van der Waals surface area (Å²) in [5, 5.41) is 7.06. The molecule has 0 aromatic carbocycles. The van der Waals surface area contributed by atoms with E-state index >= 15 is 0 Å². The molecule has 0 radical (unpaired) electrons.